The van der Waals surface area contributed by atoms with Crippen LogP contribution in [0.25, 0.3) is 0 Å². The molecule has 1 amide bonds. The quantitative estimate of drug-likeness (QED) is 0.851. The minimum absolute atomic E-state index is 0.0642. The van der Waals surface area contributed by atoms with Crippen LogP contribution in [-0.2, 0) is 11.3 Å². The zero-order valence-electron chi connectivity index (χ0n) is 12.4. The highest BCUT2D eigenvalue weighted by atomic mass is 16.1. The molecule has 1 aliphatic heterocycles. The van der Waals surface area contributed by atoms with E-state index in [0.29, 0.717) is 6.04 Å². The number of aromatic nitrogens is 1. The molecule has 0 saturated carbocycles. The summed E-state index contributed by atoms with van der Waals surface area (Å²) in [6, 6.07) is 4.54. The number of nitrogens with one attached hydrogen (secondary N) is 2. The average molecular weight is 276 g/mol. The fraction of sp³-hybridized carbons (Fsp3) is 0.600. The largest absolute Gasteiger partial charge is 0.356 e. The molecule has 2 N–H and O–H groups in total. The Morgan fingerprint density at radius 3 is 2.70 bits per heavy atom. The summed E-state index contributed by atoms with van der Waals surface area (Å²) in [5, 5.41) is 6.29. The normalized spacial score (nSPS) is 16.2. The smallest absolute Gasteiger partial charge is 0.217 e. The summed E-state index contributed by atoms with van der Waals surface area (Å²) in [5.74, 6) is 1.10. The molecule has 0 radical (unpaired) electrons. The van der Waals surface area contributed by atoms with Crippen LogP contribution in [0.4, 0.5) is 5.82 Å². The molecule has 0 aromatic carbocycles. The number of carbonyl (C=O) groups excluding carboxylic acids is 1. The molecule has 0 aliphatic carbocycles. The Morgan fingerprint density at radius 1 is 1.40 bits per heavy atom. The number of carbonyl (C=O) groups is 1. The number of rotatable bonds is 5. The van der Waals surface area contributed by atoms with E-state index in [1.165, 1.54) is 5.56 Å². The molecule has 1 aromatic heterocycles. The van der Waals surface area contributed by atoms with E-state index in [1.807, 2.05) is 6.20 Å². The summed E-state index contributed by atoms with van der Waals surface area (Å²) in [6.45, 7) is 7.42. The van der Waals surface area contributed by atoms with Crippen LogP contribution in [0.2, 0.25) is 0 Å². The van der Waals surface area contributed by atoms with Crippen LogP contribution < -0.4 is 15.5 Å². The second-order valence-electron chi connectivity index (χ2n) is 5.27. The summed E-state index contributed by atoms with van der Waals surface area (Å²) in [4.78, 5) is 17.9. The molecular weight excluding hydrogens is 252 g/mol. The molecule has 2 heterocycles. The minimum Gasteiger partial charge on any atom is -0.356 e. The lowest BCUT2D eigenvalue weighted by molar-refractivity contribution is -0.119. The molecule has 1 saturated heterocycles. The first kappa shape index (κ1) is 14.8. The van der Waals surface area contributed by atoms with Crippen molar-refractivity contribution in [1.82, 2.24) is 15.6 Å². The summed E-state index contributed by atoms with van der Waals surface area (Å²) in [6.07, 6.45) is 3.92. The zero-order chi connectivity index (χ0) is 14.4. The third-order valence-electron chi connectivity index (χ3n) is 3.61. The van der Waals surface area contributed by atoms with E-state index >= 15 is 0 Å². The van der Waals surface area contributed by atoms with Gasteiger partial charge in [-0.15, -0.1) is 0 Å². The van der Waals surface area contributed by atoms with E-state index in [2.05, 4.69) is 39.6 Å². The molecule has 1 aromatic rings. The number of anilines is 1. The van der Waals surface area contributed by atoms with E-state index in [0.717, 1.165) is 44.8 Å². The first-order valence-corrected chi connectivity index (χ1v) is 7.36. The molecule has 5 nitrogen and oxygen atoms in total. The van der Waals surface area contributed by atoms with Gasteiger partial charge in [-0.25, -0.2) is 4.98 Å². The average Bonchev–Trinajstić information content (AvgIpc) is 2.46. The molecule has 110 valence electrons. The third kappa shape index (κ3) is 4.20. The van der Waals surface area contributed by atoms with Gasteiger partial charge in [-0.1, -0.05) is 13.0 Å². The molecule has 5 heteroatoms. The fourth-order valence-electron chi connectivity index (χ4n) is 2.52. The number of pyridine rings is 1. The second kappa shape index (κ2) is 7.24. The zero-order valence-corrected chi connectivity index (χ0v) is 12.4. The van der Waals surface area contributed by atoms with Gasteiger partial charge < -0.3 is 15.5 Å². The van der Waals surface area contributed by atoms with E-state index in [-0.39, 0.29) is 5.91 Å². The van der Waals surface area contributed by atoms with Crippen LogP contribution in [-0.4, -0.2) is 36.6 Å². The molecule has 1 aliphatic rings. The van der Waals surface area contributed by atoms with Crippen molar-refractivity contribution in [2.45, 2.75) is 39.3 Å². The van der Waals surface area contributed by atoms with E-state index in [4.69, 9.17) is 0 Å². The lowest BCUT2D eigenvalue weighted by Crippen LogP contribution is -2.44. The first-order chi connectivity index (χ1) is 9.69. The number of piperidine rings is 1. The fourth-order valence-corrected chi connectivity index (χ4v) is 2.52. The molecular formula is C15H24N4O. The van der Waals surface area contributed by atoms with Crippen LogP contribution in [0, 0.1) is 0 Å². The van der Waals surface area contributed by atoms with Gasteiger partial charge in [0.15, 0.2) is 0 Å². The van der Waals surface area contributed by atoms with Crippen LogP contribution in [0.15, 0.2) is 18.3 Å². The van der Waals surface area contributed by atoms with Crippen molar-refractivity contribution in [1.29, 1.82) is 0 Å². The molecule has 0 spiro atoms. The second-order valence-corrected chi connectivity index (χ2v) is 5.27. The number of hydrogen-bond acceptors (Lipinski definition) is 4. The van der Waals surface area contributed by atoms with Gasteiger partial charge in [-0.2, -0.15) is 0 Å². The van der Waals surface area contributed by atoms with Crippen molar-refractivity contribution in [3.63, 3.8) is 0 Å². The number of hydrogen-bond donors (Lipinski definition) is 2. The SMILES string of the molecule is CCNCc1ccc(N2CCC(NC(C)=O)CC2)nc1. The first-order valence-electron chi connectivity index (χ1n) is 7.36. The topological polar surface area (TPSA) is 57.3 Å². The molecule has 0 atom stereocenters. The van der Waals surface area contributed by atoms with Crippen molar-refractivity contribution in [3.05, 3.63) is 23.9 Å². The van der Waals surface area contributed by atoms with Crippen molar-refractivity contribution in [2.24, 2.45) is 0 Å². The third-order valence-corrected chi connectivity index (χ3v) is 3.61. The highest BCUT2D eigenvalue weighted by molar-refractivity contribution is 5.73. The molecule has 1 fully saturated rings. The lowest BCUT2D eigenvalue weighted by atomic mass is 10.0. The molecule has 0 bridgehead atoms. The summed E-state index contributed by atoms with van der Waals surface area (Å²) >= 11 is 0. The number of nitrogens with zero attached hydrogens (tertiary/aromatic N) is 2. The lowest BCUT2D eigenvalue weighted by Gasteiger charge is -2.33. The van der Waals surface area contributed by atoms with E-state index in [1.54, 1.807) is 6.92 Å². The van der Waals surface area contributed by atoms with Gasteiger partial charge in [-0.05, 0) is 31.0 Å². The van der Waals surface area contributed by atoms with Crippen molar-refractivity contribution < 1.29 is 4.79 Å². The van der Waals surface area contributed by atoms with Gasteiger partial charge in [0.1, 0.15) is 5.82 Å². The maximum atomic E-state index is 11.0. The Balaban J connectivity index is 1.85. The standard InChI is InChI=1S/C15H24N4O/c1-3-16-10-13-4-5-15(17-11-13)19-8-6-14(7-9-19)18-12(2)20/h4-5,11,14,16H,3,6-10H2,1-2H3,(H,18,20). The van der Waals surface area contributed by atoms with Crippen LogP contribution >= 0.6 is 0 Å². The van der Waals surface area contributed by atoms with Crippen LogP contribution in [0.5, 0.6) is 0 Å². The highest BCUT2D eigenvalue weighted by Crippen LogP contribution is 2.18. The maximum Gasteiger partial charge on any atom is 0.217 e. The minimum atomic E-state index is 0.0642. The maximum absolute atomic E-state index is 11.0. The van der Waals surface area contributed by atoms with E-state index < -0.39 is 0 Å². The summed E-state index contributed by atoms with van der Waals surface area (Å²) < 4.78 is 0. The van der Waals surface area contributed by atoms with Crippen molar-refractivity contribution in [3.8, 4) is 0 Å². The van der Waals surface area contributed by atoms with Gasteiger partial charge >= 0.3 is 0 Å². The number of amides is 1. The van der Waals surface area contributed by atoms with Gasteiger partial charge in [0.25, 0.3) is 0 Å². The molecule has 2 rings (SSSR count). The van der Waals surface area contributed by atoms with Gasteiger partial charge in [0, 0.05) is 38.8 Å². The molecule has 0 unspecified atom stereocenters. The summed E-state index contributed by atoms with van der Waals surface area (Å²) in [5.41, 5.74) is 1.21. The van der Waals surface area contributed by atoms with Gasteiger partial charge in [0.05, 0.1) is 0 Å². The van der Waals surface area contributed by atoms with Crippen LogP contribution in [0.3, 0.4) is 0 Å². The van der Waals surface area contributed by atoms with Crippen LogP contribution in [0.1, 0.15) is 32.3 Å². The Kier molecular flexibility index (Phi) is 5.35. The highest BCUT2D eigenvalue weighted by Gasteiger charge is 2.20. The molecule has 20 heavy (non-hydrogen) atoms. The van der Waals surface area contributed by atoms with Gasteiger partial charge in [-0.3, -0.25) is 4.79 Å². The Hall–Kier alpha value is -1.62. The van der Waals surface area contributed by atoms with Crippen molar-refractivity contribution >= 4 is 11.7 Å². The monoisotopic (exact) mass is 276 g/mol. The predicted octanol–water partition coefficient (Wildman–Crippen LogP) is 1.30. The Bertz CT molecular complexity index is 424. The predicted molar refractivity (Wildman–Crippen MR) is 80.7 cm³/mol. The Morgan fingerprint density at radius 2 is 2.15 bits per heavy atom. The van der Waals surface area contributed by atoms with Gasteiger partial charge in [0.2, 0.25) is 5.91 Å². The van der Waals surface area contributed by atoms with Crippen molar-refractivity contribution in [2.75, 3.05) is 24.5 Å². The summed E-state index contributed by atoms with van der Waals surface area (Å²) in [7, 11) is 0. The Labute approximate surface area is 120 Å². The van der Waals surface area contributed by atoms with E-state index in [9.17, 15) is 4.79 Å².